The van der Waals surface area contributed by atoms with Crippen LogP contribution in [0.5, 0.6) is 11.5 Å². The second-order valence-electron chi connectivity index (χ2n) is 7.09. The number of hydrogen-bond donors (Lipinski definition) is 0. The molecule has 0 unspecified atom stereocenters. The molecule has 3 rings (SSSR count). The van der Waals surface area contributed by atoms with Crippen molar-refractivity contribution in [1.29, 1.82) is 0 Å². The molecule has 30 heavy (non-hydrogen) atoms. The summed E-state index contributed by atoms with van der Waals surface area (Å²) in [7, 11) is 1.62. The highest BCUT2D eigenvalue weighted by Gasteiger charge is 2.20. The van der Waals surface area contributed by atoms with Gasteiger partial charge in [-0.1, -0.05) is 31.0 Å². The number of unbranched alkanes of at least 4 members (excludes halogenated alkanes) is 1. The number of piperazine rings is 1. The molecule has 1 aromatic carbocycles. The van der Waals surface area contributed by atoms with Crippen LogP contribution in [0.4, 0.5) is 5.82 Å². The van der Waals surface area contributed by atoms with Gasteiger partial charge in [0.05, 0.1) is 18.7 Å². The minimum Gasteiger partial charge on any atom is -0.493 e. The van der Waals surface area contributed by atoms with Crippen LogP contribution >= 0.6 is 11.6 Å². The average molecular weight is 430 g/mol. The van der Waals surface area contributed by atoms with Crippen LogP contribution in [0.2, 0.25) is 5.02 Å². The molecule has 7 heteroatoms. The third-order valence-corrected chi connectivity index (χ3v) is 5.21. The average Bonchev–Trinajstić information content (AvgIpc) is 2.78. The highest BCUT2D eigenvalue weighted by molar-refractivity contribution is 6.30. The Hall–Kier alpha value is -2.73. The van der Waals surface area contributed by atoms with E-state index in [1.54, 1.807) is 19.4 Å². The summed E-state index contributed by atoms with van der Waals surface area (Å²) in [6.45, 7) is 5.58. The van der Waals surface area contributed by atoms with Crippen molar-refractivity contribution in [2.75, 3.05) is 44.8 Å². The zero-order chi connectivity index (χ0) is 21.3. The quantitative estimate of drug-likeness (QED) is 0.463. The van der Waals surface area contributed by atoms with Crippen molar-refractivity contribution in [3.05, 3.63) is 53.2 Å². The Morgan fingerprint density at radius 1 is 1.17 bits per heavy atom. The van der Waals surface area contributed by atoms with Gasteiger partial charge in [0.2, 0.25) is 5.91 Å². The number of methoxy groups -OCH3 is 1. The van der Waals surface area contributed by atoms with Crippen LogP contribution in [0, 0.1) is 0 Å². The fourth-order valence-corrected chi connectivity index (χ4v) is 3.33. The Morgan fingerprint density at radius 3 is 2.63 bits per heavy atom. The number of nitrogens with zero attached hydrogens (tertiary/aromatic N) is 3. The maximum atomic E-state index is 12.6. The number of carbonyl (C=O) groups is 1. The summed E-state index contributed by atoms with van der Waals surface area (Å²) in [6, 6.07) is 9.44. The van der Waals surface area contributed by atoms with E-state index < -0.39 is 0 Å². The van der Waals surface area contributed by atoms with Crippen molar-refractivity contribution < 1.29 is 14.3 Å². The summed E-state index contributed by atoms with van der Waals surface area (Å²) in [5.74, 6) is 2.28. The van der Waals surface area contributed by atoms with E-state index in [4.69, 9.17) is 21.1 Å². The van der Waals surface area contributed by atoms with Gasteiger partial charge in [-0.3, -0.25) is 4.79 Å². The van der Waals surface area contributed by atoms with Gasteiger partial charge >= 0.3 is 0 Å². The summed E-state index contributed by atoms with van der Waals surface area (Å²) in [5.41, 5.74) is 0.895. The van der Waals surface area contributed by atoms with Gasteiger partial charge in [-0.2, -0.15) is 0 Å². The largest absolute Gasteiger partial charge is 0.493 e. The Labute approximate surface area is 183 Å². The molecular weight excluding hydrogens is 402 g/mol. The summed E-state index contributed by atoms with van der Waals surface area (Å²) in [6.07, 6.45) is 7.15. The molecule has 1 aliphatic heterocycles. The smallest absolute Gasteiger partial charge is 0.246 e. The second kappa shape index (κ2) is 10.9. The molecule has 0 atom stereocenters. The number of pyridine rings is 1. The van der Waals surface area contributed by atoms with E-state index >= 15 is 0 Å². The lowest BCUT2D eigenvalue weighted by Crippen LogP contribution is -2.48. The maximum absolute atomic E-state index is 12.6. The molecule has 0 saturated carbocycles. The topological polar surface area (TPSA) is 54.9 Å². The van der Waals surface area contributed by atoms with Crippen LogP contribution in [0.3, 0.4) is 0 Å². The van der Waals surface area contributed by atoms with Gasteiger partial charge in [-0.05, 0) is 42.3 Å². The Bertz CT molecular complexity index is 862. The van der Waals surface area contributed by atoms with Crippen molar-refractivity contribution in [2.45, 2.75) is 19.8 Å². The minimum atomic E-state index is 0.000884. The number of aromatic nitrogens is 1. The molecule has 1 amide bonds. The molecule has 6 nitrogen and oxygen atoms in total. The zero-order valence-electron chi connectivity index (χ0n) is 17.5. The number of amides is 1. The van der Waals surface area contributed by atoms with E-state index in [9.17, 15) is 4.79 Å². The molecule has 0 radical (unpaired) electrons. The molecular formula is C23H28ClN3O3. The molecule has 2 heterocycles. The summed E-state index contributed by atoms with van der Waals surface area (Å²) < 4.78 is 11.2. The highest BCUT2D eigenvalue weighted by Crippen LogP contribution is 2.28. The molecule has 1 saturated heterocycles. The normalized spacial score (nSPS) is 14.2. The first kappa shape index (κ1) is 22.0. The van der Waals surface area contributed by atoms with Gasteiger partial charge in [0.15, 0.2) is 11.5 Å². The van der Waals surface area contributed by atoms with E-state index in [0.29, 0.717) is 30.5 Å². The number of halogens is 1. The van der Waals surface area contributed by atoms with Gasteiger partial charge < -0.3 is 19.3 Å². The number of rotatable bonds is 8. The Morgan fingerprint density at radius 2 is 1.97 bits per heavy atom. The Kier molecular flexibility index (Phi) is 7.97. The fraction of sp³-hybridized carbons (Fsp3) is 0.391. The van der Waals surface area contributed by atoms with Crippen molar-refractivity contribution >= 4 is 29.4 Å². The van der Waals surface area contributed by atoms with E-state index in [0.717, 1.165) is 43.1 Å². The van der Waals surface area contributed by atoms with Crippen LogP contribution in [0.15, 0.2) is 42.6 Å². The first-order chi connectivity index (χ1) is 14.6. The lowest BCUT2D eigenvalue weighted by Gasteiger charge is -2.34. The SMILES string of the molecule is CCCCOc1ccc(/C=C/C(=O)N2CCN(c3ccc(Cl)cn3)CC2)cc1OC. The number of anilines is 1. The van der Waals surface area contributed by atoms with Crippen molar-refractivity contribution in [3.63, 3.8) is 0 Å². The van der Waals surface area contributed by atoms with Gasteiger partial charge in [0.1, 0.15) is 5.82 Å². The molecule has 2 aromatic rings. The predicted octanol–water partition coefficient (Wildman–Crippen LogP) is 4.28. The van der Waals surface area contributed by atoms with Crippen LogP contribution in [0.1, 0.15) is 25.3 Å². The zero-order valence-corrected chi connectivity index (χ0v) is 18.3. The van der Waals surface area contributed by atoms with Gasteiger partial charge in [-0.25, -0.2) is 4.98 Å². The molecule has 0 spiro atoms. The second-order valence-corrected chi connectivity index (χ2v) is 7.53. The standard InChI is InChI=1S/C23H28ClN3O3/c1-3-4-15-30-20-8-5-18(16-21(20)29-2)6-10-23(28)27-13-11-26(12-14-27)22-9-7-19(24)17-25-22/h5-10,16-17H,3-4,11-15H2,1-2H3/b10-6+. The summed E-state index contributed by atoms with van der Waals surface area (Å²) in [5, 5.41) is 0.620. The summed E-state index contributed by atoms with van der Waals surface area (Å²) in [4.78, 5) is 20.9. The number of hydrogen-bond acceptors (Lipinski definition) is 5. The number of benzene rings is 1. The van der Waals surface area contributed by atoms with E-state index in [2.05, 4.69) is 16.8 Å². The van der Waals surface area contributed by atoms with E-state index in [1.165, 1.54) is 0 Å². The molecule has 1 fully saturated rings. The van der Waals surface area contributed by atoms with Crippen molar-refractivity contribution in [1.82, 2.24) is 9.88 Å². The molecule has 0 aliphatic carbocycles. The van der Waals surface area contributed by atoms with Crippen LogP contribution in [-0.2, 0) is 4.79 Å². The van der Waals surface area contributed by atoms with E-state index in [1.807, 2.05) is 41.3 Å². The van der Waals surface area contributed by atoms with Crippen LogP contribution in [-0.4, -0.2) is 55.7 Å². The molecule has 1 aromatic heterocycles. The third kappa shape index (κ3) is 5.89. The monoisotopic (exact) mass is 429 g/mol. The molecule has 1 aliphatic rings. The minimum absolute atomic E-state index is 0.000884. The maximum Gasteiger partial charge on any atom is 0.246 e. The first-order valence-corrected chi connectivity index (χ1v) is 10.6. The first-order valence-electron chi connectivity index (χ1n) is 10.2. The number of ether oxygens (including phenoxy) is 2. The molecule has 0 bridgehead atoms. The molecule has 160 valence electrons. The summed E-state index contributed by atoms with van der Waals surface area (Å²) >= 11 is 5.90. The van der Waals surface area contributed by atoms with Crippen molar-refractivity contribution in [2.24, 2.45) is 0 Å². The fourth-order valence-electron chi connectivity index (χ4n) is 3.22. The number of carbonyl (C=O) groups excluding carboxylic acids is 1. The Balaban J connectivity index is 1.55. The van der Waals surface area contributed by atoms with Crippen molar-refractivity contribution in [3.8, 4) is 11.5 Å². The van der Waals surface area contributed by atoms with Gasteiger partial charge in [-0.15, -0.1) is 0 Å². The third-order valence-electron chi connectivity index (χ3n) is 4.99. The van der Waals surface area contributed by atoms with Gasteiger partial charge in [0.25, 0.3) is 0 Å². The lowest BCUT2D eigenvalue weighted by molar-refractivity contribution is -0.126. The predicted molar refractivity (Wildman–Crippen MR) is 120 cm³/mol. The van der Waals surface area contributed by atoms with Crippen LogP contribution < -0.4 is 14.4 Å². The lowest BCUT2D eigenvalue weighted by atomic mass is 10.1. The van der Waals surface area contributed by atoms with Crippen LogP contribution in [0.25, 0.3) is 6.08 Å². The van der Waals surface area contributed by atoms with E-state index in [-0.39, 0.29) is 5.91 Å². The highest BCUT2D eigenvalue weighted by atomic mass is 35.5. The molecule has 0 N–H and O–H groups in total. The van der Waals surface area contributed by atoms with Gasteiger partial charge in [0, 0.05) is 38.5 Å².